The lowest BCUT2D eigenvalue weighted by Gasteiger charge is -2.07. The maximum absolute atomic E-state index is 11.8. The molecule has 1 fully saturated rings. The first-order valence-corrected chi connectivity index (χ1v) is 6.86. The van der Waals surface area contributed by atoms with E-state index >= 15 is 0 Å². The lowest BCUT2D eigenvalue weighted by Crippen LogP contribution is -2.02. The van der Waals surface area contributed by atoms with Crippen molar-refractivity contribution in [2.75, 3.05) is 5.32 Å². The fourth-order valence-electron chi connectivity index (χ4n) is 2.00. The molecule has 0 atom stereocenters. The van der Waals surface area contributed by atoms with Crippen molar-refractivity contribution in [2.24, 2.45) is 0 Å². The van der Waals surface area contributed by atoms with E-state index in [1.165, 1.54) is 0 Å². The number of hydrogen-bond donors (Lipinski definition) is 1. The first kappa shape index (κ1) is 13.4. The number of halogens is 2. The SMILES string of the molecule is O=C1CCCCC/C1=C\Nc1cc(Cl)ccc1Cl. The van der Waals surface area contributed by atoms with Gasteiger partial charge in [0.15, 0.2) is 5.78 Å². The Balaban J connectivity index is 2.13. The summed E-state index contributed by atoms with van der Waals surface area (Å²) < 4.78 is 0. The van der Waals surface area contributed by atoms with Gasteiger partial charge >= 0.3 is 0 Å². The molecule has 0 unspecified atom stereocenters. The van der Waals surface area contributed by atoms with Gasteiger partial charge in [-0.2, -0.15) is 0 Å². The highest BCUT2D eigenvalue weighted by Crippen LogP contribution is 2.26. The molecule has 0 amide bonds. The van der Waals surface area contributed by atoms with Crippen LogP contribution in [0.1, 0.15) is 32.1 Å². The Bertz CT molecular complexity index is 483. The average Bonchev–Trinajstić information content (AvgIpc) is 2.55. The average molecular weight is 284 g/mol. The largest absolute Gasteiger partial charge is 0.360 e. The summed E-state index contributed by atoms with van der Waals surface area (Å²) in [5.74, 6) is 0.234. The van der Waals surface area contributed by atoms with Crippen LogP contribution in [0.5, 0.6) is 0 Å². The third kappa shape index (κ3) is 3.50. The minimum Gasteiger partial charge on any atom is -0.360 e. The summed E-state index contributed by atoms with van der Waals surface area (Å²) in [6, 6.07) is 5.22. The van der Waals surface area contributed by atoms with Gasteiger partial charge < -0.3 is 5.32 Å². The fraction of sp³-hybridized carbons (Fsp3) is 0.357. The van der Waals surface area contributed by atoms with E-state index in [-0.39, 0.29) is 5.78 Å². The first-order chi connectivity index (χ1) is 8.66. The molecule has 4 heteroatoms. The maximum Gasteiger partial charge on any atom is 0.160 e. The molecule has 2 nitrogen and oxygen atoms in total. The van der Waals surface area contributed by atoms with E-state index in [4.69, 9.17) is 23.2 Å². The van der Waals surface area contributed by atoms with Crippen LogP contribution in [0.25, 0.3) is 0 Å². The second-order valence-electron chi connectivity index (χ2n) is 4.42. The molecule has 0 bridgehead atoms. The van der Waals surface area contributed by atoms with Gasteiger partial charge in [0.1, 0.15) is 0 Å². The van der Waals surface area contributed by atoms with Gasteiger partial charge in [0.05, 0.1) is 10.7 Å². The Kier molecular flexibility index (Phi) is 4.67. The number of Topliss-reactive ketones (excluding diaryl/α,β-unsaturated/α-hetero) is 1. The zero-order valence-electron chi connectivity index (χ0n) is 10.0. The number of rotatable bonds is 2. The standard InChI is InChI=1S/C14H15Cl2NO/c15-11-6-7-12(16)13(8-11)17-9-10-4-2-1-3-5-14(10)18/h6-9,17H,1-5H2/b10-9+. The fourth-order valence-corrected chi connectivity index (χ4v) is 2.35. The van der Waals surface area contributed by atoms with Gasteiger partial charge in [0.2, 0.25) is 0 Å². The Morgan fingerprint density at radius 3 is 2.72 bits per heavy atom. The van der Waals surface area contributed by atoms with Crippen molar-refractivity contribution in [3.05, 3.63) is 40.0 Å². The number of benzene rings is 1. The van der Waals surface area contributed by atoms with Gasteiger partial charge in [-0.25, -0.2) is 0 Å². The normalized spacial score (nSPS) is 18.8. The molecule has 96 valence electrons. The van der Waals surface area contributed by atoms with Crippen LogP contribution in [0.2, 0.25) is 10.0 Å². The smallest absolute Gasteiger partial charge is 0.160 e. The van der Waals surface area contributed by atoms with E-state index in [0.717, 1.165) is 36.9 Å². The van der Waals surface area contributed by atoms with Crippen molar-refractivity contribution in [3.63, 3.8) is 0 Å². The van der Waals surface area contributed by atoms with Crippen molar-refractivity contribution in [3.8, 4) is 0 Å². The van der Waals surface area contributed by atoms with Crippen molar-refractivity contribution in [1.82, 2.24) is 0 Å². The third-order valence-electron chi connectivity index (χ3n) is 3.04. The lowest BCUT2D eigenvalue weighted by atomic mass is 10.1. The molecule has 1 N–H and O–H groups in total. The van der Waals surface area contributed by atoms with E-state index < -0.39 is 0 Å². The molecule has 1 aromatic rings. The van der Waals surface area contributed by atoms with E-state index in [9.17, 15) is 4.79 Å². The first-order valence-electron chi connectivity index (χ1n) is 6.10. The quantitative estimate of drug-likeness (QED) is 0.623. The monoisotopic (exact) mass is 283 g/mol. The molecule has 0 aliphatic heterocycles. The summed E-state index contributed by atoms with van der Waals surface area (Å²) in [6.45, 7) is 0. The number of carbonyl (C=O) groups is 1. The van der Waals surface area contributed by atoms with Crippen molar-refractivity contribution < 1.29 is 4.79 Å². The van der Waals surface area contributed by atoms with Gasteiger partial charge in [-0.3, -0.25) is 4.79 Å². The molecule has 0 saturated heterocycles. The molecule has 0 heterocycles. The third-order valence-corrected chi connectivity index (χ3v) is 3.60. The van der Waals surface area contributed by atoms with Crippen LogP contribution < -0.4 is 5.32 Å². The van der Waals surface area contributed by atoms with Crippen LogP contribution in [-0.2, 0) is 4.79 Å². The van der Waals surface area contributed by atoms with Gasteiger partial charge in [-0.1, -0.05) is 29.6 Å². The number of allylic oxidation sites excluding steroid dienone is 1. The molecule has 0 aromatic heterocycles. The second-order valence-corrected chi connectivity index (χ2v) is 5.27. The molecule has 1 saturated carbocycles. The highest BCUT2D eigenvalue weighted by atomic mass is 35.5. The van der Waals surface area contributed by atoms with E-state index in [2.05, 4.69) is 5.32 Å². The van der Waals surface area contributed by atoms with Crippen LogP contribution in [0, 0.1) is 0 Å². The Labute approximate surface area is 117 Å². The van der Waals surface area contributed by atoms with Gasteiger partial charge in [-0.15, -0.1) is 0 Å². The minimum atomic E-state index is 0.234. The zero-order chi connectivity index (χ0) is 13.0. The number of ketones is 1. The molecule has 18 heavy (non-hydrogen) atoms. The number of carbonyl (C=O) groups excluding carboxylic acids is 1. The number of hydrogen-bond acceptors (Lipinski definition) is 2. The Morgan fingerprint density at radius 2 is 1.89 bits per heavy atom. The Hall–Kier alpha value is -0.990. The van der Waals surface area contributed by atoms with Gasteiger partial charge in [0, 0.05) is 23.2 Å². The summed E-state index contributed by atoms with van der Waals surface area (Å²) in [7, 11) is 0. The summed E-state index contributed by atoms with van der Waals surface area (Å²) in [6.07, 6.45) is 6.45. The van der Waals surface area contributed by atoms with Crippen molar-refractivity contribution >= 4 is 34.7 Å². The predicted octanol–water partition coefficient (Wildman–Crippen LogP) is 4.82. The summed E-state index contributed by atoms with van der Waals surface area (Å²) in [5.41, 5.74) is 1.58. The minimum absolute atomic E-state index is 0.234. The highest BCUT2D eigenvalue weighted by molar-refractivity contribution is 6.35. The summed E-state index contributed by atoms with van der Waals surface area (Å²) in [5, 5.41) is 4.30. The van der Waals surface area contributed by atoms with Crippen LogP contribution in [-0.4, -0.2) is 5.78 Å². The molecular formula is C14H15Cl2NO. The molecule has 1 aliphatic carbocycles. The second kappa shape index (κ2) is 6.26. The molecule has 0 radical (unpaired) electrons. The molecule has 0 spiro atoms. The number of nitrogens with one attached hydrogen (secondary N) is 1. The molecule has 1 aliphatic rings. The van der Waals surface area contributed by atoms with Crippen molar-refractivity contribution in [2.45, 2.75) is 32.1 Å². The van der Waals surface area contributed by atoms with Gasteiger partial charge in [0.25, 0.3) is 0 Å². The van der Waals surface area contributed by atoms with Crippen LogP contribution in [0.4, 0.5) is 5.69 Å². The van der Waals surface area contributed by atoms with Gasteiger partial charge in [-0.05, 0) is 37.5 Å². The molecule has 2 rings (SSSR count). The van der Waals surface area contributed by atoms with Crippen molar-refractivity contribution in [1.29, 1.82) is 0 Å². The van der Waals surface area contributed by atoms with Crippen LogP contribution in [0.15, 0.2) is 30.0 Å². The molecular weight excluding hydrogens is 269 g/mol. The lowest BCUT2D eigenvalue weighted by molar-refractivity contribution is -0.115. The summed E-state index contributed by atoms with van der Waals surface area (Å²) in [4.78, 5) is 11.8. The topological polar surface area (TPSA) is 29.1 Å². The maximum atomic E-state index is 11.8. The number of anilines is 1. The predicted molar refractivity (Wildman–Crippen MR) is 76.3 cm³/mol. The Morgan fingerprint density at radius 1 is 1.11 bits per heavy atom. The van der Waals surface area contributed by atoms with Crippen LogP contribution in [0.3, 0.4) is 0 Å². The highest BCUT2D eigenvalue weighted by Gasteiger charge is 2.13. The van der Waals surface area contributed by atoms with E-state index in [1.54, 1.807) is 24.4 Å². The van der Waals surface area contributed by atoms with E-state index in [1.807, 2.05) is 0 Å². The van der Waals surface area contributed by atoms with E-state index in [0.29, 0.717) is 16.5 Å². The zero-order valence-corrected chi connectivity index (χ0v) is 11.5. The molecule has 1 aromatic carbocycles. The summed E-state index contributed by atoms with van der Waals surface area (Å²) >= 11 is 12.0. The van der Waals surface area contributed by atoms with Crippen LogP contribution >= 0.6 is 23.2 Å².